The van der Waals surface area contributed by atoms with Crippen molar-refractivity contribution >= 4 is 11.8 Å². The molecule has 3 aliphatic rings. The van der Waals surface area contributed by atoms with Crippen LogP contribution in [0.25, 0.3) is 0 Å². The third kappa shape index (κ3) is 3.57. The topological polar surface area (TPSA) is 67.4 Å². The minimum atomic E-state index is -0.0881. The maximum absolute atomic E-state index is 12.3. The highest BCUT2D eigenvalue weighted by Crippen LogP contribution is 2.45. The fraction of sp³-hybridized carbons (Fsp3) is 0.619. The van der Waals surface area contributed by atoms with Crippen LogP contribution in [0.3, 0.4) is 0 Å². The summed E-state index contributed by atoms with van der Waals surface area (Å²) in [7, 11) is 0. The molecule has 2 amide bonds. The molecule has 140 valence electrons. The predicted octanol–water partition coefficient (Wildman–Crippen LogP) is 2.57. The molecule has 5 unspecified atom stereocenters. The van der Waals surface area contributed by atoms with Gasteiger partial charge in [-0.2, -0.15) is 0 Å². The number of hydrogen-bond donors (Lipinski definition) is 2. The Kier molecular flexibility index (Phi) is 4.88. The van der Waals surface area contributed by atoms with Crippen molar-refractivity contribution in [2.45, 2.75) is 57.5 Å². The number of carbonyl (C=O) groups excluding carboxylic acids is 2. The predicted molar refractivity (Wildman–Crippen MR) is 98.7 cm³/mol. The third-order valence-electron chi connectivity index (χ3n) is 6.44. The highest BCUT2D eigenvalue weighted by atomic mass is 16.5. The Morgan fingerprint density at radius 2 is 1.96 bits per heavy atom. The molecule has 0 radical (unpaired) electrons. The van der Waals surface area contributed by atoms with E-state index >= 15 is 0 Å². The van der Waals surface area contributed by atoms with Gasteiger partial charge in [0.1, 0.15) is 5.75 Å². The summed E-state index contributed by atoms with van der Waals surface area (Å²) in [5.74, 6) is 2.26. The monoisotopic (exact) mass is 356 g/mol. The number of benzene rings is 1. The Bertz CT molecular complexity index is 672. The molecule has 1 heterocycles. The van der Waals surface area contributed by atoms with Crippen molar-refractivity contribution in [3.63, 3.8) is 0 Å². The molecule has 1 aliphatic heterocycles. The van der Waals surface area contributed by atoms with Gasteiger partial charge in [-0.1, -0.05) is 24.1 Å². The van der Waals surface area contributed by atoms with E-state index in [9.17, 15) is 9.59 Å². The van der Waals surface area contributed by atoms with Crippen LogP contribution in [0.5, 0.6) is 5.75 Å². The first-order valence-electron chi connectivity index (χ1n) is 9.89. The van der Waals surface area contributed by atoms with E-state index in [2.05, 4.69) is 10.6 Å². The standard InChI is InChI=1S/C21H28N2O3/c1-13-5-8-15(9-6-13)26-12-20(24)22-14-7-10-17-16-3-2-4-18(16)21(25)23-19(17)11-14/h5-6,8-9,14,16-19H,2-4,7,10-12H2,1H3,(H,22,24)(H,23,25). The van der Waals surface area contributed by atoms with Crippen LogP contribution in [0.1, 0.15) is 44.1 Å². The minimum absolute atomic E-state index is 0.0325. The van der Waals surface area contributed by atoms with Gasteiger partial charge < -0.3 is 15.4 Å². The fourth-order valence-corrected chi connectivity index (χ4v) is 5.17. The number of amides is 2. The van der Waals surface area contributed by atoms with Gasteiger partial charge in [-0.25, -0.2) is 0 Å². The maximum Gasteiger partial charge on any atom is 0.258 e. The van der Waals surface area contributed by atoms with E-state index in [4.69, 9.17) is 4.74 Å². The zero-order valence-electron chi connectivity index (χ0n) is 15.4. The van der Waals surface area contributed by atoms with Crippen molar-refractivity contribution in [2.75, 3.05) is 6.61 Å². The Morgan fingerprint density at radius 1 is 1.15 bits per heavy atom. The second-order valence-corrected chi connectivity index (χ2v) is 8.16. The first kappa shape index (κ1) is 17.4. The molecule has 2 N–H and O–H groups in total. The molecule has 26 heavy (non-hydrogen) atoms. The number of nitrogens with one attached hydrogen (secondary N) is 2. The summed E-state index contributed by atoms with van der Waals surface area (Å²) in [6.07, 6.45) is 6.36. The van der Waals surface area contributed by atoms with Gasteiger partial charge in [0.15, 0.2) is 6.61 Å². The van der Waals surface area contributed by atoms with Crippen molar-refractivity contribution in [2.24, 2.45) is 17.8 Å². The normalized spacial score (nSPS) is 33.0. The molecule has 0 aromatic heterocycles. The van der Waals surface area contributed by atoms with E-state index < -0.39 is 0 Å². The largest absolute Gasteiger partial charge is 0.484 e. The van der Waals surface area contributed by atoms with Gasteiger partial charge in [0, 0.05) is 18.0 Å². The Labute approximate surface area is 154 Å². The zero-order chi connectivity index (χ0) is 18.1. The van der Waals surface area contributed by atoms with Crippen LogP contribution >= 0.6 is 0 Å². The maximum atomic E-state index is 12.3. The highest BCUT2D eigenvalue weighted by Gasteiger charge is 2.48. The lowest BCUT2D eigenvalue weighted by Crippen LogP contribution is -2.57. The van der Waals surface area contributed by atoms with Gasteiger partial charge in [0.25, 0.3) is 5.91 Å². The van der Waals surface area contributed by atoms with Crippen LogP contribution < -0.4 is 15.4 Å². The average molecular weight is 356 g/mol. The molecule has 2 aliphatic carbocycles. The van der Waals surface area contributed by atoms with E-state index in [0.717, 1.165) is 31.2 Å². The van der Waals surface area contributed by atoms with Gasteiger partial charge in [0.05, 0.1) is 0 Å². The van der Waals surface area contributed by atoms with E-state index in [0.29, 0.717) is 17.6 Å². The summed E-state index contributed by atoms with van der Waals surface area (Å²) < 4.78 is 5.56. The van der Waals surface area contributed by atoms with Crippen LogP contribution in [-0.4, -0.2) is 30.5 Å². The van der Waals surface area contributed by atoms with E-state index in [1.165, 1.54) is 12.8 Å². The van der Waals surface area contributed by atoms with Crippen molar-refractivity contribution in [1.29, 1.82) is 0 Å². The number of piperidine rings is 1. The Balaban J connectivity index is 1.28. The smallest absolute Gasteiger partial charge is 0.258 e. The molecule has 3 fully saturated rings. The molecule has 5 nitrogen and oxygen atoms in total. The molecule has 1 saturated heterocycles. The molecule has 2 saturated carbocycles. The molecular weight excluding hydrogens is 328 g/mol. The number of rotatable bonds is 4. The molecule has 4 rings (SSSR count). The van der Waals surface area contributed by atoms with Crippen LogP contribution in [0.4, 0.5) is 0 Å². The van der Waals surface area contributed by atoms with Gasteiger partial charge in [-0.15, -0.1) is 0 Å². The summed E-state index contributed by atoms with van der Waals surface area (Å²) in [4.78, 5) is 24.6. The molecule has 1 aromatic rings. The zero-order valence-corrected chi connectivity index (χ0v) is 15.4. The van der Waals surface area contributed by atoms with Crippen molar-refractivity contribution < 1.29 is 14.3 Å². The Morgan fingerprint density at radius 3 is 2.77 bits per heavy atom. The van der Waals surface area contributed by atoms with Crippen molar-refractivity contribution in [3.05, 3.63) is 29.8 Å². The van der Waals surface area contributed by atoms with E-state index in [-0.39, 0.29) is 36.4 Å². The van der Waals surface area contributed by atoms with Crippen LogP contribution in [-0.2, 0) is 9.59 Å². The first-order chi connectivity index (χ1) is 12.6. The lowest BCUT2D eigenvalue weighted by atomic mass is 9.68. The molecule has 5 heteroatoms. The van der Waals surface area contributed by atoms with Gasteiger partial charge >= 0.3 is 0 Å². The summed E-state index contributed by atoms with van der Waals surface area (Å²) in [5.41, 5.74) is 1.16. The van der Waals surface area contributed by atoms with Gasteiger partial charge in [-0.3, -0.25) is 9.59 Å². The lowest BCUT2D eigenvalue weighted by molar-refractivity contribution is -0.132. The molecule has 0 bridgehead atoms. The van der Waals surface area contributed by atoms with Crippen molar-refractivity contribution in [1.82, 2.24) is 10.6 Å². The SMILES string of the molecule is Cc1ccc(OCC(=O)NC2CCC3C(C2)NC(=O)C2CCCC23)cc1. The van der Waals surface area contributed by atoms with Gasteiger partial charge in [0.2, 0.25) is 5.91 Å². The number of hydrogen-bond acceptors (Lipinski definition) is 3. The summed E-state index contributed by atoms with van der Waals surface area (Å²) >= 11 is 0. The van der Waals surface area contributed by atoms with Crippen LogP contribution in [0.2, 0.25) is 0 Å². The minimum Gasteiger partial charge on any atom is -0.484 e. The second kappa shape index (κ2) is 7.29. The number of carbonyl (C=O) groups is 2. The van der Waals surface area contributed by atoms with Gasteiger partial charge in [-0.05, 0) is 63.0 Å². The lowest BCUT2D eigenvalue weighted by Gasteiger charge is -2.45. The Hall–Kier alpha value is -2.04. The van der Waals surface area contributed by atoms with Crippen molar-refractivity contribution in [3.8, 4) is 5.75 Å². The molecular formula is C21H28N2O3. The molecule has 0 spiro atoms. The van der Waals surface area contributed by atoms with E-state index in [1.807, 2.05) is 31.2 Å². The fourth-order valence-electron chi connectivity index (χ4n) is 5.17. The average Bonchev–Trinajstić information content (AvgIpc) is 3.12. The van der Waals surface area contributed by atoms with Crippen LogP contribution in [0, 0.1) is 24.7 Å². The number of fused-ring (bicyclic) bond motifs is 3. The highest BCUT2D eigenvalue weighted by molar-refractivity contribution is 5.81. The number of aryl methyl sites for hydroxylation is 1. The van der Waals surface area contributed by atoms with E-state index in [1.54, 1.807) is 0 Å². The summed E-state index contributed by atoms with van der Waals surface area (Å²) in [6.45, 7) is 2.05. The summed E-state index contributed by atoms with van der Waals surface area (Å²) in [5, 5.41) is 6.33. The quantitative estimate of drug-likeness (QED) is 0.871. The second-order valence-electron chi connectivity index (χ2n) is 8.16. The number of ether oxygens (including phenoxy) is 1. The third-order valence-corrected chi connectivity index (χ3v) is 6.44. The summed E-state index contributed by atoms with van der Waals surface area (Å²) in [6, 6.07) is 8.04. The molecule has 5 atom stereocenters. The van der Waals surface area contributed by atoms with Crippen LogP contribution in [0.15, 0.2) is 24.3 Å². The molecule has 1 aromatic carbocycles. The first-order valence-corrected chi connectivity index (χ1v) is 9.89.